The first-order chi connectivity index (χ1) is 9.74. The zero-order valence-corrected chi connectivity index (χ0v) is 11.7. The zero-order chi connectivity index (χ0) is 13.7. The molecule has 3 atom stereocenters. The first kappa shape index (κ1) is 12.2. The van der Waals surface area contributed by atoms with Crippen molar-refractivity contribution >= 4 is 5.78 Å². The number of likely N-dealkylation sites (N-methyl/N-ethyl adjacent to an activating group) is 1. The quantitative estimate of drug-likeness (QED) is 0.785. The molecule has 0 N–H and O–H groups in total. The molecule has 3 heteroatoms. The van der Waals surface area contributed by atoms with Gasteiger partial charge in [-0.3, -0.25) is 9.69 Å². The van der Waals surface area contributed by atoms with Gasteiger partial charge in [-0.05, 0) is 25.5 Å². The summed E-state index contributed by atoms with van der Waals surface area (Å²) in [6.07, 6.45) is 3.58. The fourth-order valence-electron chi connectivity index (χ4n) is 3.91. The fourth-order valence-corrected chi connectivity index (χ4v) is 3.91. The summed E-state index contributed by atoms with van der Waals surface area (Å²) in [7, 11) is 2.14. The number of carbonyl (C=O) groups is 1. The largest absolute Gasteiger partial charge is 0.489 e. The van der Waals surface area contributed by atoms with Crippen LogP contribution in [0.15, 0.2) is 41.7 Å². The second-order valence-electron chi connectivity index (χ2n) is 6.10. The number of rotatable bonds is 1. The maximum Gasteiger partial charge on any atom is 0.167 e. The monoisotopic (exact) mass is 269 g/mol. The highest BCUT2D eigenvalue weighted by Crippen LogP contribution is 2.44. The molecule has 0 aromatic heterocycles. The Labute approximate surface area is 119 Å². The average Bonchev–Trinajstić information content (AvgIpc) is 2.72. The van der Waals surface area contributed by atoms with E-state index in [4.69, 9.17) is 4.74 Å². The van der Waals surface area contributed by atoms with Crippen molar-refractivity contribution in [2.45, 2.75) is 43.9 Å². The Hall–Kier alpha value is -1.61. The van der Waals surface area contributed by atoms with Crippen molar-refractivity contribution in [3.05, 3.63) is 47.2 Å². The normalized spacial score (nSPS) is 33.0. The molecule has 20 heavy (non-hydrogen) atoms. The molecule has 104 valence electrons. The van der Waals surface area contributed by atoms with Gasteiger partial charge >= 0.3 is 0 Å². The van der Waals surface area contributed by atoms with Crippen LogP contribution in [0.3, 0.4) is 0 Å². The van der Waals surface area contributed by atoms with Crippen LogP contribution in [0.2, 0.25) is 0 Å². The Morgan fingerprint density at radius 1 is 1.15 bits per heavy atom. The molecule has 0 radical (unpaired) electrons. The second kappa shape index (κ2) is 4.45. The molecule has 0 spiro atoms. The lowest BCUT2D eigenvalue weighted by Gasteiger charge is -2.38. The second-order valence-corrected chi connectivity index (χ2v) is 6.10. The number of hydrogen-bond acceptors (Lipinski definition) is 3. The van der Waals surface area contributed by atoms with E-state index < -0.39 is 0 Å². The van der Waals surface area contributed by atoms with Gasteiger partial charge in [0.2, 0.25) is 0 Å². The van der Waals surface area contributed by atoms with Gasteiger partial charge in [0.05, 0.1) is 12.0 Å². The summed E-state index contributed by atoms with van der Waals surface area (Å²) < 4.78 is 6.21. The smallest absolute Gasteiger partial charge is 0.167 e. The topological polar surface area (TPSA) is 29.5 Å². The molecule has 1 unspecified atom stereocenters. The summed E-state index contributed by atoms with van der Waals surface area (Å²) in [5.41, 5.74) is 2.08. The Morgan fingerprint density at radius 3 is 2.75 bits per heavy atom. The number of ketones is 1. The Balaban J connectivity index is 1.68. The van der Waals surface area contributed by atoms with Crippen molar-refractivity contribution in [3.63, 3.8) is 0 Å². The van der Waals surface area contributed by atoms with Crippen molar-refractivity contribution in [2.24, 2.45) is 0 Å². The van der Waals surface area contributed by atoms with Crippen LogP contribution in [-0.2, 0) is 9.53 Å². The predicted octanol–water partition coefficient (Wildman–Crippen LogP) is 2.84. The molecule has 0 amide bonds. The number of nitrogens with zero attached hydrogens (tertiary/aromatic N) is 1. The summed E-state index contributed by atoms with van der Waals surface area (Å²) in [6, 6.07) is 11.0. The van der Waals surface area contributed by atoms with Gasteiger partial charge < -0.3 is 4.74 Å². The first-order valence-electron chi connectivity index (χ1n) is 7.44. The van der Waals surface area contributed by atoms with E-state index in [9.17, 15) is 4.79 Å². The van der Waals surface area contributed by atoms with Crippen LogP contribution in [0.1, 0.15) is 37.4 Å². The Kier molecular flexibility index (Phi) is 2.71. The molecule has 4 rings (SSSR count). The van der Waals surface area contributed by atoms with Gasteiger partial charge in [-0.1, -0.05) is 30.3 Å². The Morgan fingerprint density at radius 2 is 1.95 bits per heavy atom. The van der Waals surface area contributed by atoms with Gasteiger partial charge in [0, 0.05) is 18.5 Å². The molecule has 3 aliphatic heterocycles. The standard InChI is InChI=1S/C17H19NO2/c1-18-12-7-8-13(18)17-14(19)10-15(20-16(17)9-12)11-5-3-2-4-6-11/h2-6,12-13,15H,7-10H2,1H3/t12-,13?,15-/m1/s1. The number of Topliss-reactive ketones (excluding diaryl/α,β-unsaturated/α-hetero) is 1. The van der Waals surface area contributed by atoms with E-state index in [2.05, 4.69) is 11.9 Å². The number of benzene rings is 1. The van der Waals surface area contributed by atoms with E-state index >= 15 is 0 Å². The van der Waals surface area contributed by atoms with Crippen LogP contribution in [0.5, 0.6) is 0 Å². The van der Waals surface area contributed by atoms with Crippen molar-refractivity contribution in [1.82, 2.24) is 4.90 Å². The summed E-state index contributed by atoms with van der Waals surface area (Å²) in [5.74, 6) is 1.26. The number of hydrogen-bond donors (Lipinski definition) is 0. The molecule has 3 aliphatic rings. The zero-order valence-electron chi connectivity index (χ0n) is 11.7. The lowest BCUT2D eigenvalue weighted by molar-refractivity contribution is -0.121. The third-order valence-electron chi connectivity index (χ3n) is 5.02. The minimum Gasteiger partial charge on any atom is -0.489 e. The molecular weight excluding hydrogens is 250 g/mol. The summed E-state index contributed by atoms with van der Waals surface area (Å²) in [5, 5.41) is 0. The van der Waals surface area contributed by atoms with E-state index in [1.165, 1.54) is 6.42 Å². The van der Waals surface area contributed by atoms with Gasteiger partial charge in [0.15, 0.2) is 5.78 Å². The highest BCUT2D eigenvalue weighted by molar-refractivity contribution is 5.98. The molecule has 1 aromatic rings. The number of carbonyl (C=O) groups excluding carboxylic acids is 1. The number of fused-ring (bicyclic) bond motifs is 3. The predicted molar refractivity (Wildman–Crippen MR) is 76.1 cm³/mol. The van der Waals surface area contributed by atoms with Crippen molar-refractivity contribution < 1.29 is 9.53 Å². The highest BCUT2D eigenvalue weighted by Gasteiger charge is 2.45. The third-order valence-corrected chi connectivity index (χ3v) is 5.02. The summed E-state index contributed by atoms with van der Waals surface area (Å²) >= 11 is 0. The lowest BCUT2D eigenvalue weighted by atomic mass is 9.89. The fraction of sp³-hybridized carbons (Fsp3) is 0.471. The highest BCUT2D eigenvalue weighted by atomic mass is 16.5. The average molecular weight is 269 g/mol. The molecule has 1 fully saturated rings. The van der Waals surface area contributed by atoms with Crippen LogP contribution < -0.4 is 0 Å². The molecule has 2 bridgehead atoms. The van der Waals surface area contributed by atoms with E-state index in [1.54, 1.807) is 0 Å². The van der Waals surface area contributed by atoms with Gasteiger partial charge in [-0.25, -0.2) is 0 Å². The Bertz CT molecular complexity index is 578. The number of ether oxygens (including phenoxy) is 1. The SMILES string of the molecule is CN1C2CC[C@@H]1CC1=C2C(=O)C[C@H](c2ccccc2)O1. The molecule has 1 aromatic carbocycles. The van der Waals surface area contributed by atoms with Crippen molar-refractivity contribution in [2.75, 3.05) is 7.05 Å². The van der Waals surface area contributed by atoms with Crippen LogP contribution in [-0.4, -0.2) is 29.8 Å². The van der Waals surface area contributed by atoms with Crippen LogP contribution >= 0.6 is 0 Å². The lowest BCUT2D eigenvalue weighted by Crippen LogP contribution is -2.42. The molecule has 0 saturated carbocycles. The summed E-state index contributed by atoms with van der Waals surface area (Å²) in [6.45, 7) is 0. The van der Waals surface area contributed by atoms with Gasteiger partial charge in [0.1, 0.15) is 11.9 Å². The maximum atomic E-state index is 12.6. The van der Waals surface area contributed by atoms with Crippen LogP contribution in [0, 0.1) is 0 Å². The van der Waals surface area contributed by atoms with Crippen LogP contribution in [0.25, 0.3) is 0 Å². The van der Waals surface area contributed by atoms with Crippen molar-refractivity contribution in [1.29, 1.82) is 0 Å². The summed E-state index contributed by atoms with van der Waals surface area (Å²) in [4.78, 5) is 14.9. The van der Waals surface area contributed by atoms with Gasteiger partial charge in [-0.2, -0.15) is 0 Å². The third kappa shape index (κ3) is 1.73. The molecule has 0 aliphatic carbocycles. The van der Waals surface area contributed by atoms with E-state index in [0.717, 1.165) is 29.7 Å². The van der Waals surface area contributed by atoms with Gasteiger partial charge in [-0.15, -0.1) is 0 Å². The van der Waals surface area contributed by atoms with E-state index in [1.807, 2.05) is 30.3 Å². The molecular formula is C17H19NO2. The minimum atomic E-state index is -0.0924. The van der Waals surface area contributed by atoms with E-state index in [0.29, 0.717) is 18.5 Å². The minimum absolute atomic E-state index is 0.0924. The molecule has 1 saturated heterocycles. The van der Waals surface area contributed by atoms with E-state index in [-0.39, 0.29) is 11.9 Å². The molecule has 3 heterocycles. The van der Waals surface area contributed by atoms with Crippen molar-refractivity contribution in [3.8, 4) is 0 Å². The van der Waals surface area contributed by atoms with Crippen LogP contribution in [0.4, 0.5) is 0 Å². The first-order valence-corrected chi connectivity index (χ1v) is 7.44. The maximum absolute atomic E-state index is 12.6. The molecule has 3 nitrogen and oxygen atoms in total. The van der Waals surface area contributed by atoms with Gasteiger partial charge in [0.25, 0.3) is 0 Å².